The Morgan fingerprint density at radius 2 is 1.88 bits per heavy atom. The minimum Gasteiger partial charge on any atom is -0.493 e. The molecule has 6 heteroatoms. The first kappa shape index (κ1) is 21.0. The molecular weight excluding hydrogens is 354 g/mol. The number of carbonyl (C=O) groups is 1. The Hall–Kier alpha value is -1.30. The number of carbonyl (C=O) groups excluding carboxylic acids is 1. The van der Waals surface area contributed by atoms with Crippen LogP contribution in [0.5, 0.6) is 11.5 Å². The van der Waals surface area contributed by atoms with Crippen LogP contribution in [-0.2, 0) is 16.0 Å². The molecular formula is C20H30ClNO4. The van der Waals surface area contributed by atoms with E-state index in [-0.39, 0.29) is 18.5 Å². The van der Waals surface area contributed by atoms with E-state index < -0.39 is 0 Å². The smallest absolute Gasteiger partial charge is 0.160 e. The summed E-state index contributed by atoms with van der Waals surface area (Å²) in [4.78, 5) is 13.9. The fourth-order valence-corrected chi connectivity index (χ4v) is 3.99. The molecule has 26 heavy (non-hydrogen) atoms. The molecule has 0 bridgehead atoms. The molecule has 1 saturated heterocycles. The van der Waals surface area contributed by atoms with Crippen molar-refractivity contribution in [3.8, 4) is 11.5 Å². The van der Waals surface area contributed by atoms with Gasteiger partial charge < -0.3 is 14.2 Å². The van der Waals surface area contributed by atoms with Crippen molar-refractivity contribution in [2.75, 3.05) is 33.9 Å². The molecule has 2 atom stereocenters. The Balaban J connectivity index is 0.00000243. The molecule has 0 aromatic heterocycles. The van der Waals surface area contributed by atoms with Gasteiger partial charge in [-0.05, 0) is 37.0 Å². The van der Waals surface area contributed by atoms with Crippen molar-refractivity contribution in [1.82, 2.24) is 4.90 Å². The van der Waals surface area contributed by atoms with Gasteiger partial charge in [-0.2, -0.15) is 0 Å². The van der Waals surface area contributed by atoms with Crippen LogP contribution in [0.4, 0.5) is 0 Å². The summed E-state index contributed by atoms with van der Waals surface area (Å²) < 4.78 is 16.9. The van der Waals surface area contributed by atoms with Crippen molar-refractivity contribution >= 4 is 18.2 Å². The third kappa shape index (κ3) is 5.12. The molecule has 0 N–H and O–H groups in total. The maximum Gasteiger partial charge on any atom is 0.160 e. The third-order valence-electron chi connectivity index (χ3n) is 5.36. The fraction of sp³-hybridized carbons (Fsp3) is 0.650. The second kappa shape index (κ2) is 10.1. The van der Waals surface area contributed by atoms with Gasteiger partial charge in [-0.3, -0.25) is 9.69 Å². The lowest BCUT2D eigenvalue weighted by molar-refractivity contribution is -0.117. The summed E-state index contributed by atoms with van der Waals surface area (Å²) in [5.74, 6) is 1.87. The van der Waals surface area contributed by atoms with Gasteiger partial charge in [-0.15, -0.1) is 12.4 Å². The van der Waals surface area contributed by atoms with Crippen LogP contribution >= 0.6 is 12.4 Å². The zero-order valence-electron chi connectivity index (χ0n) is 15.7. The number of ether oxygens (including phenoxy) is 3. The molecule has 2 fully saturated rings. The normalized spacial score (nSPS) is 23.5. The van der Waals surface area contributed by atoms with Crippen LogP contribution in [0.1, 0.15) is 37.7 Å². The molecule has 146 valence electrons. The molecule has 3 rings (SSSR count). The summed E-state index contributed by atoms with van der Waals surface area (Å²) in [5, 5.41) is 0. The molecule has 1 aromatic rings. The van der Waals surface area contributed by atoms with Crippen molar-refractivity contribution in [1.29, 1.82) is 0 Å². The summed E-state index contributed by atoms with van der Waals surface area (Å²) in [5.41, 5.74) is 1.18. The Bertz CT molecular complexity index is 595. The number of hydrogen-bond acceptors (Lipinski definition) is 5. The minimum atomic E-state index is 0. The van der Waals surface area contributed by atoms with E-state index in [2.05, 4.69) is 11.0 Å². The molecule has 1 saturated carbocycles. The average molecular weight is 384 g/mol. The topological polar surface area (TPSA) is 48.0 Å². The second-order valence-corrected chi connectivity index (χ2v) is 6.96. The van der Waals surface area contributed by atoms with E-state index >= 15 is 0 Å². The molecule has 2 aliphatic rings. The first-order valence-electron chi connectivity index (χ1n) is 9.29. The van der Waals surface area contributed by atoms with Crippen molar-refractivity contribution in [2.45, 2.75) is 50.7 Å². The molecule has 0 radical (unpaired) electrons. The van der Waals surface area contributed by atoms with E-state index in [9.17, 15) is 4.79 Å². The van der Waals surface area contributed by atoms with Crippen LogP contribution in [0, 0.1) is 0 Å². The van der Waals surface area contributed by atoms with Gasteiger partial charge in [-0.1, -0.05) is 18.9 Å². The number of methoxy groups -OCH3 is 2. The monoisotopic (exact) mass is 383 g/mol. The zero-order valence-corrected chi connectivity index (χ0v) is 16.6. The highest BCUT2D eigenvalue weighted by molar-refractivity contribution is 5.85. The highest BCUT2D eigenvalue weighted by Gasteiger charge is 2.34. The van der Waals surface area contributed by atoms with Crippen molar-refractivity contribution in [3.63, 3.8) is 0 Å². The molecule has 1 unspecified atom stereocenters. The third-order valence-corrected chi connectivity index (χ3v) is 5.36. The fourth-order valence-electron chi connectivity index (χ4n) is 3.99. The Kier molecular flexibility index (Phi) is 8.19. The number of nitrogens with zero attached hydrogens (tertiary/aromatic N) is 1. The lowest BCUT2D eigenvalue weighted by Crippen LogP contribution is -2.45. The number of benzene rings is 1. The van der Waals surface area contributed by atoms with Gasteiger partial charge in [0.2, 0.25) is 0 Å². The summed E-state index contributed by atoms with van der Waals surface area (Å²) in [6.45, 7) is 2.21. The van der Waals surface area contributed by atoms with E-state index in [1.54, 1.807) is 14.2 Å². The highest BCUT2D eigenvalue weighted by atomic mass is 35.5. The number of likely N-dealkylation sites (tertiary alicyclic amines) is 1. The van der Waals surface area contributed by atoms with Crippen LogP contribution in [0.2, 0.25) is 0 Å². The van der Waals surface area contributed by atoms with Crippen molar-refractivity contribution in [2.24, 2.45) is 0 Å². The summed E-state index contributed by atoms with van der Waals surface area (Å²) in [7, 11) is 3.30. The number of Topliss-reactive ketones (excluding diaryl/α,β-unsaturated/α-hetero) is 1. The maximum atomic E-state index is 11.6. The second-order valence-electron chi connectivity index (χ2n) is 6.96. The Morgan fingerprint density at radius 3 is 2.58 bits per heavy atom. The van der Waals surface area contributed by atoms with E-state index in [1.807, 2.05) is 12.1 Å². The summed E-state index contributed by atoms with van der Waals surface area (Å²) in [6.07, 6.45) is 6.51. The highest BCUT2D eigenvalue weighted by Crippen LogP contribution is 2.29. The largest absolute Gasteiger partial charge is 0.493 e. The van der Waals surface area contributed by atoms with Crippen LogP contribution in [-0.4, -0.2) is 56.7 Å². The summed E-state index contributed by atoms with van der Waals surface area (Å²) >= 11 is 0. The predicted molar refractivity (Wildman–Crippen MR) is 104 cm³/mol. The summed E-state index contributed by atoms with van der Waals surface area (Å²) in [6, 6.07) is 6.42. The van der Waals surface area contributed by atoms with Gasteiger partial charge in [0.15, 0.2) is 11.5 Å². The van der Waals surface area contributed by atoms with Crippen molar-refractivity contribution in [3.05, 3.63) is 23.8 Å². The quantitative estimate of drug-likeness (QED) is 0.723. The molecule has 1 aliphatic carbocycles. The number of halogens is 1. The van der Waals surface area contributed by atoms with E-state index in [0.717, 1.165) is 37.3 Å². The van der Waals surface area contributed by atoms with Crippen LogP contribution in [0.15, 0.2) is 18.2 Å². The minimum absolute atomic E-state index is 0. The van der Waals surface area contributed by atoms with E-state index in [1.165, 1.54) is 18.4 Å². The SMILES string of the molecule is COc1ccc(CCOC2CCCC[C@H]2N2CCC(=O)C2)cc1OC.Cl. The number of rotatable bonds is 7. The molecule has 0 spiro atoms. The van der Waals surface area contributed by atoms with Gasteiger partial charge in [0.1, 0.15) is 5.78 Å². The predicted octanol–water partition coefficient (Wildman–Crippen LogP) is 3.27. The zero-order chi connectivity index (χ0) is 17.6. The van der Waals surface area contributed by atoms with Crippen LogP contribution < -0.4 is 9.47 Å². The molecule has 1 aromatic carbocycles. The van der Waals surface area contributed by atoms with Gasteiger partial charge in [0, 0.05) is 19.0 Å². The standard InChI is InChI=1S/C20H29NO4.ClH/c1-23-19-8-7-15(13-20(19)24-2)10-12-25-18-6-4-3-5-17(18)21-11-9-16(22)14-21;/h7-8,13,17-18H,3-6,9-12,14H2,1-2H3;1H/t17-,18?;/m1./s1. The Labute approximate surface area is 162 Å². The van der Waals surface area contributed by atoms with E-state index in [0.29, 0.717) is 31.4 Å². The van der Waals surface area contributed by atoms with Gasteiger partial charge in [-0.25, -0.2) is 0 Å². The van der Waals surface area contributed by atoms with Gasteiger partial charge >= 0.3 is 0 Å². The number of hydrogen-bond donors (Lipinski definition) is 0. The van der Waals surface area contributed by atoms with Crippen LogP contribution in [0.25, 0.3) is 0 Å². The lowest BCUT2D eigenvalue weighted by atomic mass is 9.91. The Morgan fingerprint density at radius 1 is 1.12 bits per heavy atom. The van der Waals surface area contributed by atoms with Gasteiger partial charge in [0.25, 0.3) is 0 Å². The lowest BCUT2D eigenvalue weighted by Gasteiger charge is -2.37. The molecule has 1 aliphatic heterocycles. The van der Waals surface area contributed by atoms with E-state index in [4.69, 9.17) is 14.2 Å². The van der Waals surface area contributed by atoms with Crippen molar-refractivity contribution < 1.29 is 19.0 Å². The first-order valence-corrected chi connectivity index (χ1v) is 9.29. The van der Waals surface area contributed by atoms with Gasteiger partial charge in [0.05, 0.1) is 33.5 Å². The first-order chi connectivity index (χ1) is 12.2. The molecule has 1 heterocycles. The average Bonchev–Trinajstić information content (AvgIpc) is 3.08. The maximum absolute atomic E-state index is 11.6. The molecule has 5 nitrogen and oxygen atoms in total. The molecule has 0 amide bonds. The number of ketones is 1. The van der Waals surface area contributed by atoms with Crippen LogP contribution in [0.3, 0.4) is 0 Å².